The highest BCUT2D eigenvalue weighted by Crippen LogP contribution is 2.33. The van der Waals surface area contributed by atoms with E-state index in [9.17, 15) is 9.18 Å². The van der Waals surface area contributed by atoms with Crippen molar-refractivity contribution in [2.24, 2.45) is 0 Å². The van der Waals surface area contributed by atoms with Crippen LogP contribution in [-0.2, 0) is 4.74 Å². The number of rotatable bonds is 1. The zero-order valence-electron chi connectivity index (χ0n) is 7.16. The van der Waals surface area contributed by atoms with Crippen LogP contribution in [0.4, 0.5) is 4.39 Å². The number of nitriles is 1. The Balaban J connectivity index is 2.50. The quantitative estimate of drug-likeness (QED) is 0.637. The van der Waals surface area contributed by atoms with Gasteiger partial charge in [-0.05, 0) is 6.07 Å². The fourth-order valence-electron chi connectivity index (χ4n) is 1.51. The fourth-order valence-corrected chi connectivity index (χ4v) is 1.51. The van der Waals surface area contributed by atoms with Gasteiger partial charge in [0.15, 0.2) is 0 Å². The van der Waals surface area contributed by atoms with Crippen LogP contribution in [-0.4, -0.2) is 5.97 Å². The van der Waals surface area contributed by atoms with Crippen LogP contribution in [0, 0.1) is 17.1 Å². The van der Waals surface area contributed by atoms with Crippen molar-refractivity contribution in [3.05, 3.63) is 35.1 Å². The van der Waals surface area contributed by atoms with E-state index in [1.165, 1.54) is 12.1 Å². The van der Waals surface area contributed by atoms with Gasteiger partial charge in [0.05, 0.1) is 12.5 Å². The molecule has 0 bridgehead atoms. The normalized spacial score (nSPS) is 18.6. The third-order valence-electron chi connectivity index (χ3n) is 2.12. The van der Waals surface area contributed by atoms with Crippen molar-refractivity contribution in [3.8, 4) is 6.07 Å². The van der Waals surface area contributed by atoms with Crippen molar-refractivity contribution in [3.63, 3.8) is 0 Å². The van der Waals surface area contributed by atoms with Crippen molar-refractivity contribution in [2.75, 3.05) is 0 Å². The molecule has 0 fully saturated rings. The Morgan fingerprint density at radius 2 is 2.36 bits per heavy atom. The number of ether oxygens (including phenoxy) is 1. The summed E-state index contributed by atoms with van der Waals surface area (Å²) >= 11 is 0. The lowest BCUT2D eigenvalue weighted by Crippen LogP contribution is -1.98. The van der Waals surface area contributed by atoms with Gasteiger partial charge >= 0.3 is 5.97 Å². The molecule has 0 aromatic heterocycles. The number of cyclic esters (lactones) is 1. The van der Waals surface area contributed by atoms with E-state index < -0.39 is 17.9 Å². The zero-order valence-corrected chi connectivity index (χ0v) is 7.16. The van der Waals surface area contributed by atoms with Crippen LogP contribution >= 0.6 is 0 Å². The van der Waals surface area contributed by atoms with Crippen molar-refractivity contribution in [1.82, 2.24) is 0 Å². The average Bonchev–Trinajstić information content (AvgIpc) is 2.46. The molecule has 14 heavy (non-hydrogen) atoms. The minimum absolute atomic E-state index is 0.0345. The van der Waals surface area contributed by atoms with E-state index >= 15 is 0 Å². The van der Waals surface area contributed by atoms with Gasteiger partial charge in [-0.1, -0.05) is 12.1 Å². The van der Waals surface area contributed by atoms with E-state index in [-0.39, 0.29) is 12.0 Å². The van der Waals surface area contributed by atoms with E-state index in [0.717, 1.165) is 0 Å². The molecule has 0 spiro atoms. The second kappa shape index (κ2) is 3.11. The standard InChI is InChI=1S/C10H6FNO2/c11-7-3-1-2-6-8(4-5-12)14-10(13)9(6)7/h1-3,8H,4H2/t8-/m0/s1. The number of fused-ring (bicyclic) bond motifs is 1. The maximum absolute atomic E-state index is 13.2. The second-order valence-corrected chi connectivity index (χ2v) is 2.96. The Morgan fingerprint density at radius 3 is 3.07 bits per heavy atom. The molecule has 0 saturated heterocycles. The molecule has 0 saturated carbocycles. The second-order valence-electron chi connectivity index (χ2n) is 2.96. The Labute approximate surface area is 79.7 Å². The molecule has 1 aliphatic heterocycles. The van der Waals surface area contributed by atoms with Gasteiger partial charge in [0.1, 0.15) is 17.5 Å². The lowest BCUT2D eigenvalue weighted by Gasteiger charge is -2.03. The van der Waals surface area contributed by atoms with E-state index in [2.05, 4.69) is 0 Å². The Morgan fingerprint density at radius 1 is 1.57 bits per heavy atom. The molecule has 2 rings (SSSR count). The molecular formula is C10H6FNO2. The minimum Gasteiger partial charge on any atom is -0.453 e. The molecule has 1 aliphatic rings. The number of nitrogens with zero attached hydrogens (tertiary/aromatic N) is 1. The maximum Gasteiger partial charge on any atom is 0.342 e. The van der Waals surface area contributed by atoms with E-state index in [1.54, 1.807) is 6.07 Å². The van der Waals surface area contributed by atoms with Crippen LogP contribution in [0.2, 0.25) is 0 Å². The van der Waals surface area contributed by atoms with Gasteiger partial charge in [-0.2, -0.15) is 5.26 Å². The highest BCUT2D eigenvalue weighted by Gasteiger charge is 2.33. The lowest BCUT2D eigenvalue weighted by atomic mass is 10.0. The first-order chi connectivity index (χ1) is 6.74. The summed E-state index contributed by atoms with van der Waals surface area (Å²) in [5, 5.41) is 8.47. The summed E-state index contributed by atoms with van der Waals surface area (Å²) in [4.78, 5) is 11.2. The van der Waals surface area contributed by atoms with Gasteiger partial charge < -0.3 is 4.74 Å². The summed E-state index contributed by atoms with van der Waals surface area (Å²) in [6, 6.07) is 6.20. The van der Waals surface area contributed by atoms with Crippen molar-refractivity contribution in [2.45, 2.75) is 12.5 Å². The number of hydrogen-bond donors (Lipinski definition) is 0. The van der Waals surface area contributed by atoms with Crippen LogP contribution in [0.15, 0.2) is 18.2 Å². The summed E-state index contributed by atoms with van der Waals surface area (Å²) in [7, 11) is 0. The molecule has 0 radical (unpaired) electrons. The van der Waals surface area contributed by atoms with Crippen LogP contribution in [0.5, 0.6) is 0 Å². The van der Waals surface area contributed by atoms with Gasteiger partial charge in [0, 0.05) is 5.56 Å². The first kappa shape index (κ1) is 8.70. The monoisotopic (exact) mass is 191 g/mol. The molecule has 0 unspecified atom stereocenters. The number of halogens is 1. The van der Waals surface area contributed by atoms with Crippen LogP contribution < -0.4 is 0 Å². The molecule has 70 valence electrons. The summed E-state index contributed by atoms with van der Waals surface area (Å²) < 4.78 is 18.0. The molecule has 0 N–H and O–H groups in total. The molecule has 1 aromatic carbocycles. The van der Waals surface area contributed by atoms with Gasteiger partial charge in [-0.15, -0.1) is 0 Å². The highest BCUT2D eigenvalue weighted by molar-refractivity contribution is 5.94. The minimum atomic E-state index is -0.682. The summed E-state index contributed by atoms with van der Waals surface area (Å²) in [6.07, 6.45) is -0.555. The molecule has 4 heteroatoms. The number of esters is 1. The third-order valence-corrected chi connectivity index (χ3v) is 2.12. The number of hydrogen-bond acceptors (Lipinski definition) is 3. The first-order valence-corrected chi connectivity index (χ1v) is 4.10. The third kappa shape index (κ3) is 1.14. The van der Waals surface area contributed by atoms with Gasteiger partial charge in [0.25, 0.3) is 0 Å². The lowest BCUT2D eigenvalue weighted by molar-refractivity contribution is 0.0393. The van der Waals surface area contributed by atoms with E-state index in [0.29, 0.717) is 5.56 Å². The van der Waals surface area contributed by atoms with Gasteiger partial charge in [-0.3, -0.25) is 0 Å². The van der Waals surface area contributed by atoms with E-state index in [1.807, 2.05) is 6.07 Å². The number of benzene rings is 1. The van der Waals surface area contributed by atoms with Crippen LogP contribution in [0.25, 0.3) is 0 Å². The topological polar surface area (TPSA) is 50.1 Å². The first-order valence-electron chi connectivity index (χ1n) is 4.10. The largest absolute Gasteiger partial charge is 0.453 e. The molecule has 0 aliphatic carbocycles. The van der Waals surface area contributed by atoms with Crippen LogP contribution in [0.1, 0.15) is 28.4 Å². The molecule has 1 atom stereocenters. The molecule has 1 aromatic rings. The average molecular weight is 191 g/mol. The maximum atomic E-state index is 13.2. The molecular weight excluding hydrogens is 185 g/mol. The summed E-state index contributed by atoms with van der Waals surface area (Å²) in [5.74, 6) is -1.27. The molecule has 1 heterocycles. The number of carbonyl (C=O) groups is 1. The van der Waals surface area contributed by atoms with Crippen molar-refractivity contribution < 1.29 is 13.9 Å². The Bertz CT molecular complexity index is 436. The SMILES string of the molecule is N#CC[C@@H]1OC(=O)c2c(F)cccc21. The predicted molar refractivity (Wildman–Crippen MR) is 44.8 cm³/mol. The Hall–Kier alpha value is -1.89. The van der Waals surface area contributed by atoms with E-state index in [4.69, 9.17) is 10.00 Å². The van der Waals surface area contributed by atoms with Crippen molar-refractivity contribution >= 4 is 5.97 Å². The van der Waals surface area contributed by atoms with Gasteiger partial charge in [0.2, 0.25) is 0 Å². The predicted octanol–water partition coefficient (Wildman–Crippen LogP) is 1.95. The number of carbonyl (C=O) groups excluding carboxylic acids is 1. The van der Waals surface area contributed by atoms with Gasteiger partial charge in [-0.25, -0.2) is 9.18 Å². The fraction of sp³-hybridized carbons (Fsp3) is 0.200. The molecule has 0 amide bonds. The Kier molecular flexibility index (Phi) is 1.93. The highest BCUT2D eigenvalue weighted by atomic mass is 19.1. The summed E-state index contributed by atoms with van der Waals surface area (Å²) in [6.45, 7) is 0. The van der Waals surface area contributed by atoms with Crippen molar-refractivity contribution in [1.29, 1.82) is 5.26 Å². The summed E-state index contributed by atoms with van der Waals surface area (Å²) in [5.41, 5.74) is 0.435. The zero-order chi connectivity index (χ0) is 10.1. The smallest absolute Gasteiger partial charge is 0.342 e. The molecule has 3 nitrogen and oxygen atoms in total. The van der Waals surface area contributed by atoms with Crippen LogP contribution in [0.3, 0.4) is 0 Å².